The highest BCUT2D eigenvalue weighted by atomic mass is 33.1. The second kappa shape index (κ2) is 43.6. The van der Waals surface area contributed by atoms with Gasteiger partial charge in [0.15, 0.2) is 0 Å². The van der Waals surface area contributed by atoms with E-state index in [4.69, 9.17) is 47.4 Å². The Hall–Kier alpha value is -4.28. The second-order valence-corrected chi connectivity index (χ2v) is 34.4. The molecule has 22 heteroatoms. The van der Waals surface area contributed by atoms with Crippen molar-refractivity contribution < 1.29 is 85.7 Å². The van der Waals surface area contributed by atoms with Crippen molar-refractivity contribution in [2.75, 3.05) is 37.9 Å². The molecule has 98 heavy (non-hydrogen) atoms. The molecular weight excluding hydrogens is 1330 g/mol. The first-order valence-corrected chi connectivity index (χ1v) is 42.2. The van der Waals surface area contributed by atoms with Gasteiger partial charge in [-0.3, -0.25) is 28.8 Å². The first kappa shape index (κ1) is 81.0. The Kier molecular flexibility index (Phi) is 36.1. The van der Waals surface area contributed by atoms with E-state index in [9.17, 15) is 38.4 Å². The van der Waals surface area contributed by atoms with Gasteiger partial charge in [0, 0.05) is 59.5 Å². The molecule has 4 aliphatic heterocycles. The average Bonchev–Trinajstić information content (AvgIpc) is 0.801. The standard InChI is InChI=1S/C39H60O9S2.C37H56O9S2/c1-5-27(3)38(42)48-34-23-26(2)22-29-15-14-28(4)33(37(29)34)17-16-30-24-31(25-36(41)46-30)47-39(43)45-20-11-7-6-10-19-44-35(40)13-9-8-12-32-18-21-49-50-32;1-5-25(3)36(40)46-32-21-24(2)20-27-13-12-26(4)31(35(27)32)15-14-28-22-29(23-34(39)44-28)45-37(41)43-18-9-8-17-42-33(38)11-7-6-10-30-16-19-47-48-30/h14-15,22,26-28,30-34,37H,5-13,16-21,23-25H2,1-4H3;12-13,20,24-26,28-32,35H,5-11,14-19,21-23H2,1-4H3. The highest BCUT2D eigenvalue weighted by Gasteiger charge is 2.45. The number of rotatable bonds is 36. The minimum Gasteiger partial charge on any atom is -0.466 e. The van der Waals surface area contributed by atoms with Crippen LogP contribution in [0.4, 0.5) is 9.59 Å². The predicted octanol–water partition coefficient (Wildman–Crippen LogP) is 17.6. The third kappa shape index (κ3) is 28.2. The number of carbonyl (C=O) groups is 8. The summed E-state index contributed by atoms with van der Waals surface area (Å²) < 4.78 is 55.9. The molecule has 4 aliphatic carbocycles. The third-order valence-electron chi connectivity index (χ3n) is 20.7. The normalized spacial score (nSPS) is 30.0. The van der Waals surface area contributed by atoms with Gasteiger partial charge < -0.3 is 47.4 Å². The molecule has 8 aliphatic rings. The number of hydrogen-bond acceptors (Lipinski definition) is 22. The summed E-state index contributed by atoms with van der Waals surface area (Å²) in [5.41, 5.74) is 2.46. The Morgan fingerprint density at radius 2 is 0.888 bits per heavy atom. The maximum absolute atomic E-state index is 12.8. The van der Waals surface area contributed by atoms with Gasteiger partial charge in [-0.1, -0.05) is 148 Å². The van der Waals surface area contributed by atoms with Crippen LogP contribution < -0.4 is 0 Å². The molecule has 0 amide bonds. The first-order valence-electron chi connectivity index (χ1n) is 37.4. The molecule has 0 radical (unpaired) electrons. The number of esters is 6. The van der Waals surface area contributed by atoms with Gasteiger partial charge in [0.25, 0.3) is 0 Å². The van der Waals surface area contributed by atoms with E-state index < -0.39 is 24.5 Å². The summed E-state index contributed by atoms with van der Waals surface area (Å²) in [5.74, 6) is 2.78. The maximum Gasteiger partial charge on any atom is 0.508 e. The summed E-state index contributed by atoms with van der Waals surface area (Å²) in [5, 5.41) is 1.48. The smallest absolute Gasteiger partial charge is 0.466 e. The van der Waals surface area contributed by atoms with Gasteiger partial charge in [0.2, 0.25) is 0 Å². The van der Waals surface area contributed by atoms with E-state index in [0.29, 0.717) is 82.8 Å². The Labute approximate surface area is 600 Å². The van der Waals surface area contributed by atoms with Crippen LogP contribution in [-0.4, -0.2) is 133 Å². The first-order chi connectivity index (χ1) is 47.2. The van der Waals surface area contributed by atoms with Gasteiger partial charge in [0.05, 0.1) is 51.1 Å². The largest absolute Gasteiger partial charge is 0.508 e. The topological polar surface area (TPSA) is 229 Å². The minimum atomic E-state index is -0.799. The van der Waals surface area contributed by atoms with Crippen molar-refractivity contribution in [3.8, 4) is 0 Å². The van der Waals surface area contributed by atoms with Crippen LogP contribution >= 0.6 is 43.2 Å². The molecule has 8 rings (SSSR count). The molecule has 4 fully saturated rings. The fraction of sp³-hybridized carbons (Fsp3) is 0.789. The van der Waals surface area contributed by atoms with E-state index >= 15 is 0 Å². The lowest BCUT2D eigenvalue weighted by Gasteiger charge is -2.43. The van der Waals surface area contributed by atoms with Gasteiger partial charge in [-0.25, -0.2) is 9.59 Å². The second-order valence-electron chi connectivity index (χ2n) is 28.8. The van der Waals surface area contributed by atoms with E-state index in [0.717, 1.165) is 100 Å². The van der Waals surface area contributed by atoms with E-state index in [1.54, 1.807) is 0 Å². The van der Waals surface area contributed by atoms with Crippen molar-refractivity contribution in [1.82, 2.24) is 0 Å². The molecule has 552 valence electrons. The fourth-order valence-electron chi connectivity index (χ4n) is 14.6. The predicted molar refractivity (Wildman–Crippen MR) is 386 cm³/mol. The molecule has 0 bridgehead atoms. The summed E-state index contributed by atoms with van der Waals surface area (Å²) in [6, 6.07) is 0. The summed E-state index contributed by atoms with van der Waals surface area (Å²) in [6.07, 6.45) is 30.5. The molecular formula is C76H116O18S4. The summed E-state index contributed by atoms with van der Waals surface area (Å²) >= 11 is 0. The van der Waals surface area contributed by atoms with Crippen LogP contribution in [0.3, 0.4) is 0 Å². The quantitative estimate of drug-likeness (QED) is 0.0246. The maximum atomic E-state index is 12.8. The summed E-state index contributed by atoms with van der Waals surface area (Å²) in [6.45, 7) is 17.7. The lowest BCUT2D eigenvalue weighted by Crippen LogP contribution is -2.42. The lowest BCUT2D eigenvalue weighted by atomic mass is 9.65. The average molecular weight is 1450 g/mol. The van der Waals surface area contributed by atoms with Gasteiger partial charge in [0.1, 0.15) is 36.6 Å². The van der Waals surface area contributed by atoms with Crippen molar-refractivity contribution in [2.45, 2.75) is 282 Å². The van der Waals surface area contributed by atoms with Gasteiger partial charge in [-0.15, -0.1) is 0 Å². The number of allylic oxidation sites excluding steroid dienone is 6. The number of ether oxygens (including phenoxy) is 10. The third-order valence-corrected chi connectivity index (χ3v) is 26.7. The van der Waals surface area contributed by atoms with E-state index in [-0.39, 0.29) is 134 Å². The van der Waals surface area contributed by atoms with E-state index in [1.165, 1.54) is 41.9 Å². The molecule has 0 aromatic carbocycles. The number of cyclic esters (lactones) is 2. The molecule has 0 saturated carbocycles. The van der Waals surface area contributed by atoms with Gasteiger partial charge >= 0.3 is 48.1 Å². The van der Waals surface area contributed by atoms with Crippen LogP contribution in [0, 0.1) is 59.2 Å². The van der Waals surface area contributed by atoms with Crippen LogP contribution in [0.5, 0.6) is 0 Å². The Bertz CT molecular complexity index is 2650. The highest BCUT2D eigenvalue weighted by Crippen LogP contribution is 2.48. The molecule has 4 heterocycles. The Balaban J connectivity index is 0.000000276. The molecule has 0 aromatic rings. The zero-order chi connectivity index (χ0) is 70.3. The minimum absolute atomic E-state index is 0.00359. The van der Waals surface area contributed by atoms with Crippen molar-refractivity contribution in [3.05, 3.63) is 47.6 Å². The van der Waals surface area contributed by atoms with Crippen molar-refractivity contribution in [2.24, 2.45) is 59.2 Å². The zero-order valence-electron chi connectivity index (χ0n) is 59.9. The molecule has 0 spiro atoms. The van der Waals surface area contributed by atoms with E-state index in [1.807, 2.05) is 70.9 Å². The Morgan fingerprint density at radius 3 is 1.28 bits per heavy atom. The SMILES string of the molecule is CCC(C)C(=O)OC1CC(C)C=C2C=CC(C)C(CCC3CC(OC(=O)OCCCCCCOC(=O)CCCCC4CCSS4)CC(=O)O3)C21.CCC(C)C(=O)OC1CC(C)C=C2C=CC(C)C(CCC3CC(OC(=O)OCCCCOC(=O)CCCCC4CCSS4)CC(=O)O3)C21. The van der Waals surface area contributed by atoms with Crippen LogP contribution in [0.1, 0.15) is 235 Å². The molecule has 18 unspecified atom stereocenters. The van der Waals surface area contributed by atoms with Crippen LogP contribution in [0.25, 0.3) is 0 Å². The molecule has 4 saturated heterocycles. The number of fused-ring (bicyclic) bond motifs is 2. The fourth-order valence-corrected chi connectivity index (χ4v) is 20.7. The van der Waals surface area contributed by atoms with Gasteiger partial charge in [-0.05, 0) is 175 Å². The van der Waals surface area contributed by atoms with Crippen molar-refractivity contribution >= 4 is 91.3 Å². The van der Waals surface area contributed by atoms with Crippen LogP contribution in [-0.2, 0) is 76.1 Å². The highest BCUT2D eigenvalue weighted by molar-refractivity contribution is 8.77. The number of carbonyl (C=O) groups excluding carboxylic acids is 8. The summed E-state index contributed by atoms with van der Waals surface area (Å²) in [4.78, 5) is 99.3. The number of hydrogen-bond donors (Lipinski definition) is 0. The molecule has 18 atom stereocenters. The lowest BCUT2D eigenvalue weighted by molar-refractivity contribution is -0.163. The zero-order valence-corrected chi connectivity index (χ0v) is 63.1. The van der Waals surface area contributed by atoms with Crippen molar-refractivity contribution in [1.29, 1.82) is 0 Å². The molecule has 0 N–H and O–H groups in total. The molecule has 18 nitrogen and oxygen atoms in total. The van der Waals surface area contributed by atoms with Crippen LogP contribution in [0.15, 0.2) is 47.6 Å². The Morgan fingerprint density at radius 1 is 0.490 bits per heavy atom. The summed E-state index contributed by atoms with van der Waals surface area (Å²) in [7, 11) is 7.84. The molecule has 0 aromatic heterocycles. The van der Waals surface area contributed by atoms with Crippen LogP contribution in [0.2, 0.25) is 0 Å². The van der Waals surface area contributed by atoms with Crippen molar-refractivity contribution in [3.63, 3.8) is 0 Å². The van der Waals surface area contributed by atoms with Gasteiger partial charge in [-0.2, -0.15) is 0 Å². The monoisotopic (exact) mass is 1440 g/mol. The number of unbranched alkanes of at least 4 members (excludes halogenated alkanes) is 6. The van der Waals surface area contributed by atoms with E-state index in [2.05, 4.69) is 64.2 Å².